The molecular formula is C16H20N2O2. The number of aromatic nitrogens is 1. The van der Waals surface area contributed by atoms with E-state index in [1.807, 2.05) is 30.1 Å². The largest absolute Gasteiger partial charge is 0.478 e. The van der Waals surface area contributed by atoms with Crippen molar-refractivity contribution in [2.24, 2.45) is 0 Å². The summed E-state index contributed by atoms with van der Waals surface area (Å²) < 4.78 is 0. The van der Waals surface area contributed by atoms with Crippen molar-refractivity contribution < 1.29 is 9.90 Å². The summed E-state index contributed by atoms with van der Waals surface area (Å²) in [5.41, 5.74) is 1.03. The van der Waals surface area contributed by atoms with Crippen molar-refractivity contribution in [1.82, 2.24) is 4.98 Å². The van der Waals surface area contributed by atoms with Crippen LogP contribution in [0.15, 0.2) is 30.3 Å². The van der Waals surface area contributed by atoms with E-state index in [0.717, 1.165) is 18.4 Å². The van der Waals surface area contributed by atoms with E-state index in [-0.39, 0.29) is 0 Å². The molecule has 0 amide bonds. The Morgan fingerprint density at radius 1 is 1.40 bits per heavy atom. The highest BCUT2D eigenvalue weighted by Crippen LogP contribution is 2.24. The van der Waals surface area contributed by atoms with Gasteiger partial charge in [0.25, 0.3) is 0 Å². The number of pyridine rings is 1. The van der Waals surface area contributed by atoms with Crippen LogP contribution < -0.4 is 4.90 Å². The first-order valence-electron chi connectivity index (χ1n) is 6.90. The van der Waals surface area contributed by atoms with Gasteiger partial charge >= 0.3 is 5.97 Å². The zero-order valence-corrected chi connectivity index (χ0v) is 12.1. The summed E-state index contributed by atoms with van der Waals surface area (Å²) in [6.45, 7) is 4.27. The minimum atomic E-state index is -0.915. The highest BCUT2D eigenvalue weighted by atomic mass is 16.4. The van der Waals surface area contributed by atoms with Crippen molar-refractivity contribution in [3.05, 3.63) is 35.9 Å². The number of carboxylic acids is 1. The van der Waals surface area contributed by atoms with E-state index < -0.39 is 5.97 Å². The molecule has 2 aromatic rings. The molecule has 0 aliphatic heterocycles. The number of benzene rings is 1. The maximum absolute atomic E-state index is 11.4. The summed E-state index contributed by atoms with van der Waals surface area (Å²) in [7, 11) is 1.96. The van der Waals surface area contributed by atoms with Crippen LogP contribution >= 0.6 is 0 Å². The number of hydrogen-bond acceptors (Lipinski definition) is 3. The zero-order valence-electron chi connectivity index (χ0n) is 12.1. The van der Waals surface area contributed by atoms with Gasteiger partial charge in [0, 0.05) is 18.5 Å². The number of aromatic carboxylic acids is 1. The molecule has 1 aromatic heterocycles. The molecule has 0 saturated heterocycles. The molecule has 1 heterocycles. The number of rotatable bonds is 5. The van der Waals surface area contributed by atoms with Crippen LogP contribution in [-0.4, -0.2) is 29.1 Å². The smallest absolute Gasteiger partial charge is 0.336 e. The molecule has 4 heteroatoms. The Hall–Kier alpha value is -2.10. The first kappa shape index (κ1) is 14.3. The molecule has 0 aliphatic rings. The molecule has 106 valence electrons. The third-order valence-electron chi connectivity index (χ3n) is 3.66. The number of para-hydroxylation sites is 1. The Morgan fingerprint density at radius 2 is 2.10 bits per heavy atom. The van der Waals surface area contributed by atoms with Crippen molar-refractivity contribution in [3.8, 4) is 0 Å². The minimum absolute atomic E-state index is 0.307. The average Bonchev–Trinajstić information content (AvgIpc) is 2.45. The Kier molecular flexibility index (Phi) is 4.23. The molecule has 20 heavy (non-hydrogen) atoms. The van der Waals surface area contributed by atoms with Crippen molar-refractivity contribution in [2.75, 3.05) is 11.9 Å². The lowest BCUT2D eigenvalue weighted by atomic mass is 10.1. The SMILES string of the molecule is CCCC(C)N(C)c1cc(C(=O)O)c2ccccc2n1. The predicted octanol–water partition coefficient (Wildman–Crippen LogP) is 3.56. The van der Waals surface area contributed by atoms with Crippen LogP contribution in [0.3, 0.4) is 0 Å². The molecule has 0 fully saturated rings. The van der Waals surface area contributed by atoms with Gasteiger partial charge in [-0.25, -0.2) is 9.78 Å². The molecule has 0 saturated carbocycles. The first-order valence-corrected chi connectivity index (χ1v) is 6.90. The average molecular weight is 272 g/mol. The second-order valence-corrected chi connectivity index (χ2v) is 5.10. The van der Waals surface area contributed by atoms with Gasteiger partial charge in [-0.3, -0.25) is 0 Å². The van der Waals surface area contributed by atoms with Crippen LogP contribution in [0.5, 0.6) is 0 Å². The fourth-order valence-electron chi connectivity index (χ4n) is 2.36. The number of fused-ring (bicyclic) bond motifs is 1. The lowest BCUT2D eigenvalue weighted by Gasteiger charge is -2.26. The third-order valence-corrected chi connectivity index (χ3v) is 3.66. The highest BCUT2D eigenvalue weighted by Gasteiger charge is 2.16. The molecule has 1 atom stereocenters. The van der Waals surface area contributed by atoms with Gasteiger partial charge in [0.1, 0.15) is 5.82 Å². The zero-order chi connectivity index (χ0) is 14.7. The summed E-state index contributed by atoms with van der Waals surface area (Å²) in [4.78, 5) is 18.1. The van der Waals surface area contributed by atoms with E-state index in [4.69, 9.17) is 0 Å². The summed E-state index contributed by atoms with van der Waals surface area (Å²) in [5.74, 6) is -0.205. The van der Waals surface area contributed by atoms with Gasteiger partial charge in [0.15, 0.2) is 0 Å². The Labute approximate surface area is 119 Å². The van der Waals surface area contributed by atoms with E-state index in [0.29, 0.717) is 22.8 Å². The van der Waals surface area contributed by atoms with Crippen molar-refractivity contribution in [3.63, 3.8) is 0 Å². The van der Waals surface area contributed by atoms with Crippen LogP contribution in [0.25, 0.3) is 10.9 Å². The van der Waals surface area contributed by atoms with E-state index in [2.05, 4.69) is 18.8 Å². The van der Waals surface area contributed by atoms with Gasteiger partial charge in [-0.15, -0.1) is 0 Å². The number of nitrogens with zero attached hydrogens (tertiary/aromatic N) is 2. The Balaban J connectivity index is 2.52. The monoisotopic (exact) mass is 272 g/mol. The Bertz CT molecular complexity index is 625. The van der Waals surface area contributed by atoms with E-state index in [1.54, 1.807) is 12.1 Å². The van der Waals surface area contributed by atoms with Gasteiger partial charge in [-0.1, -0.05) is 31.5 Å². The lowest BCUT2D eigenvalue weighted by molar-refractivity contribution is 0.0699. The summed E-state index contributed by atoms with van der Waals surface area (Å²) in [5, 5.41) is 10.1. The fourth-order valence-corrected chi connectivity index (χ4v) is 2.36. The second-order valence-electron chi connectivity index (χ2n) is 5.10. The van der Waals surface area contributed by atoms with Gasteiger partial charge in [-0.2, -0.15) is 0 Å². The fraction of sp³-hybridized carbons (Fsp3) is 0.375. The van der Waals surface area contributed by atoms with E-state index >= 15 is 0 Å². The topological polar surface area (TPSA) is 53.4 Å². The number of carboxylic acid groups (broad SMARTS) is 1. The molecule has 0 radical (unpaired) electrons. The lowest BCUT2D eigenvalue weighted by Crippen LogP contribution is -2.29. The van der Waals surface area contributed by atoms with Crippen LogP contribution in [0.2, 0.25) is 0 Å². The molecule has 0 bridgehead atoms. The number of hydrogen-bond donors (Lipinski definition) is 1. The van der Waals surface area contributed by atoms with Crippen LogP contribution in [0.1, 0.15) is 37.0 Å². The molecule has 1 N–H and O–H groups in total. The molecule has 0 spiro atoms. The Morgan fingerprint density at radius 3 is 2.75 bits per heavy atom. The van der Waals surface area contributed by atoms with Crippen LogP contribution in [-0.2, 0) is 0 Å². The van der Waals surface area contributed by atoms with Crippen LogP contribution in [0.4, 0.5) is 5.82 Å². The first-order chi connectivity index (χ1) is 9.54. The summed E-state index contributed by atoms with van der Waals surface area (Å²) >= 11 is 0. The number of anilines is 1. The molecule has 2 rings (SSSR count). The van der Waals surface area contributed by atoms with Crippen LogP contribution in [0, 0.1) is 0 Å². The van der Waals surface area contributed by atoms with Crippen molar-refractivity contribution in [1.29, 1.82) is 0 Å². The maximum Gasteiger partial charge on any atom is 0.336 e. The molecule has 0 aliphatic carbocycles. The molecule has 1 unspecified atom stereocenters. The van der Waals surface area contributed by atoms with E-state index in [9.17, 15) is 9.90 Å². The predicted molar refractivity (Wildman–Crippen MR) is 81.5 cm³/mol. The van der Waals surface area contributed by atoms with Crippen molar-refractivity contribution in [2.45, 2.75) is 32.7 Å². The standard InChI is InChI=1S/C16H20N2O2/c1-4-7-11(2)18(3)15-10-13(16(19)20)12-8-5-6-9-14(12)17-15/h5-6,8-11H,4,7H2,1-3H3,(H,19,20). The van der Waals surface area contributed by atoms with Crippen molar-refractivity contribution >= 4 is 22.7 Å². The quantitative estimate of drug-likeness (QED) is 0.904. The highest BCUT2D eigenvalue weighted by molar-refractivity contribution is 6.03. The molecular weight excluding hydrogens is 252 g/mol. The summed E-state index contributed by atoms with van der Waals surface area (Å²) in [6.07, 6.45) is 2.14. The maximum atomic E-state index is 11.4. The molecule has 1 aromatic carbocycles. The van der Waals surface area contributed by atoms with Gasteiger partial charge in [0.05, 0.1) is 11.1 Å². The summed E-state index contributed by atoms with van der Waals surface area (Å²) in [6, 6.07) is 9.35. The van der Waals surface area contributed by atoms with Gasteiger partial charge < -0.3 is 10.0 Å². The number of carbonyl (C=O) groups is 1. The van der Waals surface area contributed by atoms with E-state index in [1.165, 1.54) is 0 Å². The van der Waals surface area contributed by atoms with Gasteiger partial charge in [0.2, 0.25) is 0 Å². The normalized spacial score (nSPS) is 12.3. The minimum Gasteiger partial charge on any atom is -0.478 e. The third kappa shape index (κ3) is 2.74. The molecule has 4 nitrogen and oxygen atoms in total. The van der Waals surface area contributed by atoms with Gasteiger partial charge in [-0.05, 0) is 25.5 Å². The second kappa shape index (κ2) is 5.90.